The fourth-order valence-corrected chi connectivity index (χ4v) is 2.93. The number of aryl methyl sites for hydroxylation is 1. The van der Waals surface area contributed by atoms with Gasteiger partial charge in [-0.15, -0.1) is 0 Å². The van der Waals surface area contributed by atoms with Crippen molar-refractivity contribution in [2.45, 2.75) is 6.92 Å². The van der Waals surface area contributed by atoms with Gasteiger partial charge in [0.15, 0.2) is 0 Å². The number of para-hydroxylation sites is 2. The van der Waals surface area contributed by atoms with E-state index in [0.717, 1.165) is 0 Å². The van der Waals surface area contributed by atoms with E-state index in [-0.39, 0.29) is 19.6 Å². The normalized spacial score (nSPS) is 14.2. The zero-order valence-electron chi connectivity index (χ0n) is 15.6. The number of piperazine rings is 1. The molecule has 7 nitrogen and oxygen atoms in total. The molecule has 1 N–H and O–H groups in total. The summed E-state index contributed by atoms with van der Waals surface area (Å²) in [4.78, 5) is 39.5. The second kappa shape index (κ2) is 8.08. The molecule has 1 heterocycles. The monoisotopic (exact) mass is 385 g/mol. The smallest absolute Gasteiger partial charge is 0.316 e. The van der Waals surface area contributed by atoms with Gasteiger partial charge in [0, 0.05) is 18.8 Å². The molecule has 0 bridgehead atoms. The highest BCUT2D eigenvalue weighted by atomic mass is 19.1. The third kappa shape index (κ3) is 3.95. The second-order valence-corrected chi connectivity index (χ2v) is 6.37. The molecule has 146 valence electrons. The summed E-state index contributed by atoms with van der Waals surface area (Å²) in [6, 6.07) is 11.3. The number of carbonyl (C=O) groups is 3. The van der Waals surface area contributed by atoms with Gasteiger partial charge in [-0.2, -0.15) is 0 Å². The first kappa shape index (κ1) is 19.3. The lowest BCUT2D eigenvalue weighted by atomic mass is 10.1. The van der Waals surface area contributed by atoms with Gasteiger partial charge in [0.05, 0.1) is 12.8 Å². The summed E-state index contributed by atoms with van der Waals surface area (Å²) in [7, 11) is 1.49. The zero-order chi connectivity index (χ0) is 20.3. The molecule has 1 fully saturated rings. The van der Waals surface area contributed by atoms with Crippen LogP contribution in [0.5, 0.6) is 5.75 Å². The van der Waals surface area contributed by atoms with Crippen LogP contribution in [0.25, 0.3) is 0 Å². The Balaban J connectivity index is 1.66. The minimum Gasteiger partial charge on any atom is -0.495 e. The van der Waals surface area contributed by atoms with Crippen LogP contribution >= 0.6 is 0 Å². The topological polar surface area (TPSA) is 79.0 Å². The van der Waals surface area contributed by atoms with Gasteiger partial charge in [-0.25, -0.2) is 4.39 Å². The minimum absolute atomic E-state index is 0.166. The summed E-state index contributed by atoms with van der Waals surface area (Å²) in [6.45, 7) is 1.69. The number of carbonyl (C=O) groups excluding carboxylic acids is 3. The van der Waals surface area contributed by atoms with Crippen molar-refractivity contribution >= 4 is 29.1 Å². The van der Waals surface area contributed by atoms with Gasteiger partial charge in [-0.05, 0) is 36.8 Å². The van der Waals surface area contributed by atoms with Crippen LogP contribution in [-0.4, -0.2) is 49.4 Å². The minimum atomic E-state index is -0.803. The molecule has 0 atom stereocenters. The van der Waals surface area contributed by atoms with Crippen molar-refractivity contribution in [3.8, 4) is 5.75 Å². The third-order valence-electron chi connectivity index (χ3n) is 4.49. The molecule has 1 saturated heterocycles. The molecule has 8 heteroatoms. The Labute approximate surface area is 161 Å². The summed E-state index contributed by atoms with van der Waals surface area (Å²) in [5.41, 5.74) is 1.25. The van der Waals surface area contributed by atoms with Crippen LogP contribution in [-0.2, 0) is 14.4 Å². The molecular weight excluding hydrogens is 365 g/mol. The quantitative estimate of drug-likeness (QED) is 0.798. The van der Waals surface area contributed by atoms with E-state index in [4.69, 9.17) is 4.74 Å². The fraction of sp³-hybridized carbons (Fsp3) is 0.250. The Morgan fingerprint density at radius 1 is 1.14 bits per heavy atom. The van der Waals surface area contributed by atoms with Gasteiger partial charge < -0.3 is 19.9 Å². The number of benzene rings is 2. The van der Waals surface area contributed by atoms with E-state index in [1.807, 2.05) is 0 Å². The number of nitrogens with zero attached hydrogens (tertiary/aromatic N) is 2. The van der Waals surface area contributed by atoms with Crippen LogP contribution in [0.3, 0.4) is 0 Å². The van der Waals surface area contributed by atoms with E-state index in [2.05, 4.69) is 5.32 Å². The van der Waals surface area contributed by atoms with Crippen LogP contribution in [0.1, 0.15) is 5.56 Å². The first-order valence-corrected chi connectivity index (χ1v) is 8.70. The van der Waals surface area contributed by atoms with Crippen molar-refractivity contribution in [2.24, 2.45) is 0 Å². The predicted octanol–water partition coefficient (Wildman–Crippen LogP) is 1.96. The Morgan fingerprint density at radius 3 is 2.61 bits per heavy atom. The first-order valence-electron chi connectivity index (χ1n) is 8.70. The standard InChI is InChI=1S/C20H20FN3O4/c1-13-7-8-14(11-15(13)21)24-10-9-23(19(26)20(24)27)12-18(25)22-16-5-3-4-6-17(16)28-2/h3-8,11H,9-10,12H2,1-2H3,(H,22,25). The highest BCUT2D eigenvalue weighted by Crippen LogP contribution is 2.23. The number of hydrogen-bond donors (Lipinski definition) is 1. The van der Waals surface area contributed by atoms with Crippen molar-refractivity contribution in [1.82, 2.24) is 4.90 Å². The van der Waals surface area contributed by atoms with Gasteiger partial charge in [0.1, 0.15) is 18.1 Å². The molecule has 0 aliphatic carbocycles. The average Bonchev–Trinajstić information content (AvgIpc) is 2.68. The zero-order valence-corrected chi connectivity index (χ0v) is 15.6. The fourth-order valence-electron chi connectivity index (χ4n) is 2.93. The molecule has 28 heavy (non-hydrogen) atoms. The van der Waals surface area contributed by atoms with Crippen LogP contribution in [0.2, 0.25) is 0 Å². The molecule has 0 aromatic heterocycles. The highest BCUT2D eigenvalue weighted by Gasteiger charge is 2.34. The molecule has 2 aromatic carbocycles. The van der Waals surface area contributed by atoms with E-state index in [0.29, 0.717) is 22.7 Å². The predicted molar refractivity (Wildman–Crippen MR) is 102 cm³/mol. The molecular formula is C20H20FN3O4. The molecule has 1 aliphatic rings. The van der Waals surface area contributed by atoms with Crippen molar-refractivity contribution in [2.75, 3.05) is 37.0 Å². The molecule has 2 aromatic rings. The van der Waals surface area contributed by atoms with Gasteiger partial charge in [-0.1, -0.05) is 18.2 Å². The molecule has 0 radical (unpaired) electrons. The molecule has 0 spiro atoms. The number of methoxy groups -OCH3 is 1. The first-order chi connectivity index (χ1) is 13.4. The van der Waals surface area contributed by atoms with E-state index >= 15 is 0 Å². The van der Waals surface area contributed by atoms with Gasteiger partial charge >= 0.3 is 11.8 Å². The maximum absolute atomic E-state index is 13.8. The van der Waals surface area contributed by atoms with Crippen molar-refractivity contribution in [1.29, 1.82) is 0 Å². The summed E-state index contributed by atoms with van der Waals surface area (Å²) >= 11 is 0. The average molecular weight is 385 g/mol. The third-order valence-corrected chi connectivity index (χ3v) is 4.49. The summed E-state index contributed by atoms with van der Waals surface area (Å²) in [5, 5.41) is 2.67. The molecule has 3 rings (SSSR count). The van der Waals surface area contributed by atoms with Gasteiger partial charge in [-0.3, -0.25) is 14.4 Å². The van der Waals surface area contributed by atoms with Crippen molar-refractivity contribution in [3.05, 3.63) is 53.8 Å². The SMILES string of the molecule is COc1ccccc1NC(=O)CN1CCN(c2ccc(C)c(F)c2)C(=O)C1=O. The van der Waals surface area contributed by atoms with Crippen molar-refractivity contribution in [3.63, 3.8) is 0 Å². The second-order valence-electron chi connectivity index (χ2n) is 6.37. The molecule has 1 aliphatic heterocycles. The lowest BCUT2D eigenvalue weighted by Gasteiger charge is -2.33. The summed E-state index contributed by atoms with van der Waals surface area (Å²) in [6.07, 6.45) is 0. The number of ether oxygens (including phenoxy) is 1. The summed E-state index contributed by atoms with van der Waals surface area (Å²) < 4.78 is 18.9. The Kier molecular flexibility index (Phi) is 5.58. The lowest BCUT2D eigenvalue weighted by Crippen LogP contribution is -2.56. The van der Waals surface area contributed by atoms with Crippen molar-refractivity contribution < 1.29 is 23.5 Å². The number of nitrogens with one attached hydrogen (secondary N) is 1. The van der Waals surface area contributed by atoms with E-state index in [9.17, 15) is 18.8 Å². The summed E-state index contributed by atoms with van der Waals surface area (Å²) in [5.74, 6) is -2.00. The number of anilines is 2. The number of halogens is 1. The lowest BCUT2D eigenvalue weighted by molar-refractivity contribution is -0.147. The molecule has 0 unspecified atom stereocenters. The van der Waals surface area contributed by atoms with Crippen LogP contribution in [0.4, 0.5) is 15.8 Å². The number of rotatable bonds is 5. The van der Waals surface area contributed by atoms with E-state index < -0.39 is 23.5 Å². The van der Waals surface area contributed by atoms with Crippen LogP contribution in [0, 0.1) is 12.7 Å². The maximum atomic E-state index is 13.8. The Hall–Kier alpha value is -3.42. The van der Waals surface area contributed by atoms with Crippen LogP contribution in [0.15, 0.2) is 42.5 Å². The largest absolute Gasteiger partial charge is 0.495 e. The van der Waals surface area contributed by atoms with E-state index in [1.54, 1.807) is 43.3 Å². The molecule has 0 saturated carbocycles. The maximum Gasteiger partial charge on any atom is 0.316 e. The molecule has 3 amide bonds. The number of amides is 3. The Morgan fingerprint density at radius 2 is 1.89 bits per heavy atom. The highest BCUT2D eigenvalue weighted by molar-refractivity contribution is 6.41. The Bertz CT molecular complexity index is 931. The van der Waals surface area contributed by atoms with Gasteiger partial charge in [0.25, 0.3) is 0 Å². The van der Waals surface area contributed by atoms with Gasteiger partial charge in [0.2, 0.25) is 5.91 Å². The number of hydrogen-bond acceptors (Lipinski definition) is 4. The van der Waals surface area contributed by atoms with E-state index in [1.165, 1.54) is 23.0 Å². The van der Waals surface area contributed by atoms with Crippen LogP contribution < -0.4 is 15.0 Å².